The summed E-state index contributed by atoms with van der Waals surface area (Å²) < 4.78 is 0. The Kier molecular flexibility index (Phi) is 5.00. The van der Waals surface area contributed by atoms with E-state index in [1.807, 2.05) is 36.7 Å². The van der Waals surface area contributed by atoms with Gasteiger partial charge in [0.15, 0.2) is 0 Å². The first-order valence-electron chi connectivity index (χ1n) is 8.60. The first kappa shape index (κ1) is 16.8. The van der Waals surface area contributed by atoms with Gasteiger partial charge in [0.1, 0.15) is 10.0 Å². The molecule has 2 heterocycles. The Morgan fingerprint density at radius 1 is 1.00 bits per heavy atom. The van der Waals surface area contributed by atoms with E-state index in [0.717, 1.165) is 44.8 Å². The molecule has 0 bridgehead atoms. The fraction of sp³-hybridized carbons (Fsp3) is 0.143. The highest BCUT2D eigenvalue weighted by Crippen LogP contribution is 2.27. The summed E-state index contributed by atoms with van der Waals surface area (Å²) in [6.07, 6.45) is 7.56. The van der Waals surface area contributed by atoms with Crippen LogP contribution >= 0.6 is 11.3 Å². The van der Waals surface area contributed by atoms with E-state index < -0.39 is 0 Å². The summed E-state index contributed by atoms with van der Waals surface area (Å²) >= 11 is 1.64. The second-order valence-corrected chi connectivity index (χ2v) is 7.21. The van der Waals surface area contributed by atoms with Gasteiger partial charge in [-0.15, -0.1) is 10.2 Å². The van der Waals surface area contributed by atoms with E-state index in [-0.39, 0.29) is 6.04 Å². The van der Waals surface area contributed by atoms with Gasteiger partial charge in [0.25, 0.3) is 0 Å². The normalized spacial score (nSPS) is 12.3. The van der Waals surface area contributed by atoms with Gasteiger partial charge < -0.3 is 5.73 Å². The highest BCUT2D eigenvalue weighted by atomic mass is 32.1. The van der Waals surface area contributed by atoms with Gasteiger partial charge in [-0.3, -0.25) is 4.98 Å². The van der Waals surface area contributed by atoms with E-state index >= 15 is 0 Å². The molecule has 0 aliphatic heterocycles. The van der Waals surface area contributed by atoms with Crippen LogP contribution in [-0.2, 0) is 6.42 Å². The van der Waals surface area contributed by atoms with Crippen molar-refractivity contribution in [1.82, 2.24) is 15.2 Å². The van der Waals surface area contributed by atoms with E-state index in [1.54, 1.807) is 11.3 Å². The Bertz CT molecular complexity index is 997. The average Bonchev–Trinajstić information content (AvgIpc) is 3.17. The van der Waals surface area contributed by atoms with Crippen molar-refractivity contribution < 1.29 is 0 Å². The lowest BCUT2D eigenvalue weighted by Gasteiger charge is -2.10. The molecule has 1 atom stereocenters. The molecular weight excluding hydrogens is 340 g/mol. The minimum Gasteiger partial charge on any atom is -0.324 e. The molecule has 4 rings (SSSR count). The maximum absolute atomic E-state index is 6.21. The first-order valence-corrected chi connectivity index (χ1v) is 9.41. The number of benzene rings is 2. The number of nitrogens with zero attached hydrogens (tertiary/aromatic N) is 3. The smallest absolute Gasteiger partial charge is 0.147 e. The number of aromatic nitrogens is 3. The van der Waals surface area contributed by atoms with Crippen molar-refractivity contribution in [3.63, 3.8) is 0 Å². The largest absolute Gasteiger partial charge is 0.324 e. The van der Waals surface area contributed by atoms with E-state index in [9.17, 15) is 0 Å². The topological polar surface area (TPSA) is 64.7 Å². The first-order chi connectivity index (χ1) is 12.8. The molecule has 0 aliphatic carbocycles. The van der Waals surface area contributed by atoms with Crippen LogP contribution in [0.15, 0.2) is 67.0 Å². The van der Waals surface area contributed by atoms with Crippen LogP contribution in [-0.4, -0.2) is 15.2 Å². The molecule has 0 saturated heterocycles. The molecule has 2 N–H and O–H groups in total. The molecule has 129 valence electrons. The number of hydrogen-bond acceptors (Lipinski definition) is 5. The third kappa shape index (κ3) is 3.79. The van der Waals surface area contributed by atoms with E-state index in [2.05, 4.69) is 51.9 Å². The van der Waals surface area contributed by atoms with Gasteiger partial charge >= 0.3 is 0 Å². The molecule has 0 saturated carbocycles. The second-order valence-electron chi connectivity index (χ2n) is 6.15. The molecule has 4 aromatic rings. The molecule has 0 amide bonds. The zero-order chi connectivity index (χ0) is 17.8. The zero-order valence-electron chi connectivity index (χ0n) is 14.2. The third-order valence-corrected chi connectivity index (χ3v) is 5.35. The van der Waals surface area contributed by atoms with Crippen molar-refractivity contribution in [2.45, 2.75) is 18.9 Å². The minimum atomic E-state index is -0.0438. The molecule has 0 fully saturated rings. The van der Waals surface area contributed by atoms with Crippen molar-refractivity contribution >= 4 is 22.1 Å². The van der Waals surface area contributed by atoms with Crippen LogP contribution in [0.2, 0.25) is 0 Å². The Labute approximate surface area is 156 Å². The van der Waals surface area contributed by atoms with Crippen LogP contribution in [0.3, 0.4) is 0 Å². The Morgan fingerprint density at radius 3 is 2.77 bits per heavy atom. The van der Waals surface area contributed by atoms with Crippen LogP contribution in [0.1, 0.15) is 23.0 Å². The van der Waals surface area contributed by atoms with Crippen molar-refractivity contribution in [2.24, 2.45) is 5.73 Å². The molecule has 0 aliphatic rings. The van der Waals surface area contributed by atoms with Gasteiger partial charge in [0.2, 0.25) is 0 Å². The third-order valence-electron chi connectivity index (χ3n) is 4.32. The number of rotatable bonds is 6. The molecule has 5 heteroatoms. The van der Waals surface area contributed by atoms with Crippen LogP contribution in [0, 0.1) is 6.42 Å². The van der Waals surface area contributed by atoms with Gasteiger partial charge in [0, 0.05) is 35.8 Å². The maximum Gasteiger partial charge on any atom is 0.147 e. The predicted molar refractivity (Wildman–Crippen MR) is 107 cm³/mol. The highest BCUT2D eigenvalue weighted by Gasteiger charge is 2.10. The van der Waals surface area contributed by atoms with Crippen molar-refractivity contribution in [3.8, 4) is 10.6 Å². The lowest BCUT2D eigenvalue weighted by molar-refractivity contribution is 0.753. The zero-order valence-corrected chi connectivity index (χ0v) is 15.1. The Morgan fingerprint density at radius 2 is 1.88 bits per heavy atom. The number of fused-ring (bicyclic) bond motifs is 1. The lowest BCUT2D eigenvalue weighted by atomic mass is 10.0. The van der Waals surface area contributed by atoms with Gasteiger partial charge in [-0.05, 0) is 35.9 Å². The fourth-order valence-electron chi connectivity index (χ4n) is 2.89. The fourth-order valence-corrected chi connectivity index (χ4v) is 3.74. The molecule has 26 heavy (non-hydrogen) atoms. The minimum absolute atomic E-state index is 0.0438. The van der Waals surface area contributed by atoms with E-state index in [0.29, 0.717) is 0 Å². The summed E-state index contributed by atoms with van der Waals surface area (Å²) in [6, 6.07) is 18.4. The Hall–Kier alpha value is -2.63. The second kappa shape index (κ2) is 7.72. The summed E-state index contributed by atoms with van der Waals surface area (Å²) in [5.74, 6) is 0. The summed E-state index contributed by atoms with van der Waals surface area (Å²) in [5, 5.41) is 13.0. The van der Waals surface area contributed by atoms with Crippen LogP contribution in [0.4, 0.5) is 0 Å². The number of nitrogens with two attached hydrogens (primary N) is 1. The van der Waals surface area contributed by atoms with Crippen LogP contribution in [0.25, 0.3) is 21.3 Å². The number of aryl methyl sites for hydroxylation is 1. The van der Waals surface area contributed by atoms with Gasteiger partial charge in [-0.25, -0.2) is 0 Å². The number of pyridine rings is 1. The SMILES string of the molecule is NC([CH]CCc1nnc(-c2ccc3cnccc3c2)s1)c1ccccc1. The van der Waals surface area contributed by atoms with Crippen LogP contribution < -0.4 is 5.73 Å². The highest BCUT2D eigenvalue weighted by molar-refractivity contribution is 7.14. The summed E-state index contributed by atoms with van der Waals surface area (Å²) in [4.78, 5) is 4.15. The molecule has 2 aromatic heterocycles. The molecule has 1 radical (unpaired) electrons. The predicted octanol–water partition coefficient (Wildman–Crippen LogP) is 4.59. The Balaban J connectivity index is 1.39. The average molecular weight is 359 g/mol. The van der Waals surface area contributed by atoms with Crippen molar-refractivity contribution in [3.05, 3.63) is 84.0 Å². The monoisotopic (exact) mass is 359 g/mol. The molecular formula is C21H19N4S. The summed E-state index contributed by atoms with van der Waals surface area (Å²) in [6.45, 7) is 0. The van der Waals surface area contributed by atoms with Crippen molar-refractivity contribution in [2.75, 3.05) is 0 Å². The summed E-state index contributed by atoms with van der Waals surface area (Å²) in [7, 11) is 0. The standard InChI is InChI=1S/C21H19N4S/c22-19(15-5-2-1-3-6-15)7-4-8-20-24-25-21(26-20)17-9-10-18-14-23-12-11-16(18)13-17/h1-3,5-7,9-14,19H,4,8,22H2. The van der Waals surface area contributed by atoms with Crippen molar-refractivity contribution in [1.29, 1.82) is 0 Å². The van der Waals surface area contributed by atoms with Gasteiger partial charge in [0.05, 0.1) is 0 Å². The molecule has 0 spiro atoms. The van der Waals surface area contributed by atoms with Gasteiger partial charge in [-0.1, -0.05) is 53.8 Å². The molecule has 4 nitrogen and oxygen atoms in total. The number of hydrogen-bond donors (Lipinski definition) is 1. The quantitative estimate of drug-likeness (QED) is 0.547. The summed E-state index contributed by atoms with van der Waals surface area (Å²) in [5.41, 5.74) is 8.45. The molecule has 2 aromatic carbocycles. The van der Waals surface area contributed by atoms with E-state index in [4.69, 9.17) is 5.73 Å². The van der Waals surface area contributed by atoms with E-state index in [1.165, 1.54) is 0 Å². The lowest BCUT2D eigenvalue weighted by Crippen LogP contribution is -2.11. The van der Waals surface area contributed by atoms with Crippen LogP contribution in [0.5, 0.6) is 0 Å². The molecule has 1 unspecified atom stereocenters. The maximum atomic E-state index is 6.21. The van der Waals surface area contributed by atoms with Gasteiger partial charge in [-0.2, -0.15) is 0 Å².